The van der Waals surface area contributed by atoms with Crippen LogP contribution in [0.5, 0.6) is 0 Å². The Labute approximate surface area is 172 Å². The van der Waals surface area contributed by atoms with Gasteiger partial charge in [-0.2, -0.15) is 0 Å². The lowest BCUT2D eigenvalue weighted by Crippen LogP contribution is -2.32. The topological polar surface area (TPSA) is 126 Å². The molecule has 1 atom stereocenters. The Morgan fingerprint density at radius 1 is 1.17 bits per heavy atom. The number of H-pyrrole nitrogens is 1. The largest absolute Gasteiger partial charge is 0.350 e. The van der Waals surface area contributed by atoms with Crippen molar-refractivity contribution in [3.8, 4) is 0 Å². The minimum Gasteiger partial charge on any atom is -0.350 e. The van der Waals surface area contributed by atoms with Crippen molar-refractivity contribution < 1.29 is 9.59 Å². The summed E-state index contributed by atoms with van der Waals surface area (Å²) in [6.07, 6.45) is 2.07. The van der Waals surface area contributed by atoms with Gasteiger partial charge in [-0.15, -0.1) is 0 Å². The highest BCUT2D eigenvalue weighted by molar-refractivity contribution is 6.09. The molecule has 0 fully saturated rings. The van der Waals surface area contributed by atoms with E-state index in [0.717, 1.165) is 6.42 Å². The number of nitrogens with one attached hydrogen (secondary N) is 3. The highest BCUT2D eigenvalue weighted by Gasteiger charge is 2.17. The molecular formula is C21H23N5O4. The van der Waals surface area contributed by atoms with Crippen LogP contribution in [0.2, 0.25) is 0 Å². The van der Waals surface area contributed by atoms with Crippen molar-refractivity contribution >= 4 is 28.5 Å². The Morgan fingerprint density at radius 3 is 2.60 bits per heavy atom. The van der Waals surface area contributed by atoms with Gasteiger partial charge in [0.15, 0.2) is 0 Å². The number of anilines is 1. The van der Waals surface area contributed by atoms with Crippen LogP contribution in [0.15, 0.2) is 46.1 Å². The van der Waals surface area contributed by atoms with E-state index >= 15 is 0 Å². The molecule has 1 aromatic carbocycles. The Morgan fingerprint density at radius 2 is 1.90 bits per heavy atom. The molecule has 0 radical (unpaired) electrons. The van der Waals surface area contributed by atoms with E-state index in [0.29, 0.717) is 17.8 Å². The molecule has 0 aliphatic rings. The molecule has 30 heavy (non-hydrogen) atoms. The number of aromatic nitrogens is 3. The van der Waals surface area contributed by atoms with Crippen molar-refractivity contribution in [1.82, 2.24) is 19.9 Å². The summed E-state index contributed by atoms with van der Waals surface area (Å²) >= 11 is 0. The summed E-state index contributed by atoms with van der Waals surface area (Å²) in [6, 6.07) is 8.04. The average molecular weight is 409 g/mol. The molecule has 0 saturated heterocycles. The molecule has 1 unspecified atom stereocenters. The number of hydrogen-bond acceptors (Lipinski definition) is 5. The Bertz CT molecular complexity index is 1230. The predicted octanol–water partition coefficient (Wildman–Crippen LogP) is 1.89. The Kier molecular flexibility index (Phi) is 6.10. The molecule has 2 aromatic heterocycles. The number of fused-ring (bicyclic) bond motifs is 1. The van der Waals surface area contributed by atoms with Gasteiger partial charge in [0, 0.05) is 18.8 Å². The zero-order valence-electron chi connectivity index (χ0n) is 17.0. The van der Waals surface area contributed by atoms with E-state index < -0.39 is 17.2 Å². The fourth-order valence-corrected chi connectivity index (χ4v) is 2.97. The molecule has 9 nitrogen and oxygen atoms in total. The molecule has 3 N–H and O–H groups in total. The lowest BCUT2D eigenvalue weighted by atomic mass is 10.1. The number of aryl methyl sites for hydroxylation is 1. The summed E-state index contributed by atoms with van der Waals surface area (Å²) in [4.78, 5) is 55.7. The Balaban J connectivity index is 1.94. The lowest BCUT2D eigenvalue weighted by Gasteiger charge is -2.15. The fraction of sp³-hybridized carbons (Fsp3) is 0.286. The minimum absolute atomic E-state index is 0.00571. The number of benzene rings is 1. The van der Waals surface area contributed by atoms with Crippen molar-refractivity contribution in [2.24, 2.45) is 0 Å². The smallest absolute Gasteiger partial charge is 0.329 e. The predicted molar refractivity (Wildman–Crippen MR) is 114 cm³/mol. The third-order valence-corrected chi connectivity index (χ3v) is 4.82. The number of nitrogens with zero attached hydrogens (tertiary/aromatic N) is 2. The van der Waals surface area contributed by atoms with Crippen LogP contribution in [0.25, 0.3) is 11.0 Å². The molecule has 0 aliphatic heterocycles. The van der Waals surface area contributed by atoms with Gasteiger partial charge in [0.25, 0.3) is 17.4 Å². The van der Waals surface area contributed by atoms with E-state index in [1.165, 1.54) is 16.8 Å². The molecule has 3 rings (SSSR count). The van der Waals surface area contributed by atoms with Gasteiger partial charge >= 0.3 is 5.69 Å². The molecule has 0 saturated carbocycles. The maximum atomic E-state index is 12.8. The third-order valence-electron chi connectivity index (χ3n) is 4.82. The van der Waals surface area contributed by atoms with E-state index in [-0.39, 0.29) is 28.5 Å². The van der Waals surface area contributed by atoms with Crippen LogP contribution in [-0.2, 0) is 6.54 Å². The standard InChI is InChI=1S/C21H23N5O4/c1-4-12(3)23-19(28)14-8-6-7-9-16(14)24-18(27)13-10-15-17(22-11-13)26(5-2)21(30)25-20(15)29/h6-12H,4-5H2,1-3H3,(H,23,28)(H,24,27)(H,25,29,30). The SMILES string of the molecule is CCC(C)NC(=O)c1ccccc1NC(=O)c1cnc2c(c1)c(=O)[nH]c(=O)n2CC. The summed E-state index contributed by atoms with van der Waals surface area (Å²) < 4.78 is 1.31. The highest BCUT2D eigenvalue weighted by Crippen LogP contribution is 2.17. The van der Waals surface area contributed by atoms with Crippen LogP contribution >= 0.6 is 0 Å². The summed E-state index contributed by atoms with van der Waals surface area (Å²) in [5.74, 6) is -0.817. The second-order valence-electron chi connectivity index (χ2n) is 6.88. The number of amides is 2. The molecule has 0 aliphatic carbocycles. The molecule has 0 spiro atoms. The van der Waals surface area contributed by atoms with Gasteiger partial charge in [-0.1, -0.05) is 19.1 Å². The summed E-state index contributed by atoms with van der Waals surface area (Å²) in [5, 5.41) is 5.70. The molecule has 9 heteroatoms. The maximum Gasteiger partial charge on any atom is 0.329 e. The van der Waals surface area contributed by atoms with E-state index in [1.54, 1.807) is 31.2 Å². The van der Waals surface area contributed by atoms with Crippen LogP contribution in [0.3, 0.4) is 0 Å². The zero-order chi connectivity index (χ0) is 21.8. The number of aromatic amines is 1. The first-order valence-corrected chi connectivity index (χ1v) is 9.69. The van der Waals surface area contributed by atoms with Gasteiger partial charge in [-0.25, -0.2) is 9.78 Å². The quantitative estimate of drug-likeness (QED) is 0.573. The van der Waals surface area contributed by atoms with Crippen molar-refractivity contribution in [2.75, 3.05) is 5.32 Å². The molecule has 2 amide bonds. The van der Waals surface area contributed by atoms with E-state index in [2.05, 4.69) is 20.6 Å². The van der Waals surface area contributed by atoms with E-state index in [9.17, 15) is 19.2 Å². The van der Waals surface area contributed by atoms with Crippen molar-refractivity contribution in [1.29, 1.82) is 0 Å². The van der Waals surface area contributed by atoms with Crippen molar-refractivity contribution in [3.63, 3.8) is 0 Å². The van der Waals surface area contributed by atoms with Crippen LogP contribution in [0.4, 0.5) is 5.69 Å². The van der Waals surface area contributed by atoms with Crippen molar-refractivity contribution in [3.05, 3.63) is 68.5 Å². The van der Waals surface area contributed by atoms with Gasteiger partial charge in [-0.3, -0.25) is 23.9 Å². The lowest BCUT2D eigenvalue weighted by molar-refractivity contribution is 0.0940. The first-order chi connectivity index (χ1) is 14.3. The second kappa shape index (κ2) is 8.73. The maximum absolute atomic E-state index is 12.8. The summed E-state index contributed by atoms with van der Waals surface area (Å²) in [5.41, 5.74) is -0.160. The minimum atomic E-state index is -0.616. The zero-order valence-corrected chi connectivity index (χ0v) is 17.0. The molecule has 156 valence electrons. The summed E-state index contributed by atoms with van der Waals surface area (Å²) in [6.45, 7) is 5.94. The van der Waals surface area contributed by atoms with Crippen LogP contribution in [-0.4, -0.2) is 32.4 Å². The first-order valence-electron chi connectivity index (χ1n) is 9.69. The van der Waals surface area contributed by atoms with Crippen LogP contribution in [0, 0.1) is 0 Å². The van der Waals surface area contributed by atoms with Crippen LogP contribution in [0.1, 0.15) is 47.9 Å². The van der Waals surface area contributed by atoms with Gasteiger partial charge in [-0.05, 0) is 38.5 Å². The normalized spacial score (nSPS) is 11.8. The monoisotopic (exact) mass is 409 g/mol. The number of para-hydroxylation sites is 1. The second-order valence-corrected chi connectivity index (χ2v) is 6.88. The van der Waals surface area contributed by atoms with Crippen LogP contribution < -0.4 is 21.9 Å². The number of carbonyl (C=O) groups excluding carboxylic acids is 2. The van der Waals surface area contributed by atoms with Gasteiger partial charge < -0.3 is 10.6 Å². The van der Waals surface area contributed by atoms with E-state index in [1.807, 2.05) is 13.8 Å². The number of pyridine rings is 1. The van der Waals surface area contributed by atoms with Crippen molar-refractivity contribution in [2.45, 2.75) is 39.8 Å². The molecular weight excluding hydrogens is 386 g/mol. The van der Waals surface area contributed by atoms with E-state index in [4.69, 9.17) is 0 Å². The molecule has 3 aromatic rings. The molecule has 2 heterocycles. The summed E-state index contributed by atoms with van der Waals surface area (Å²) in [7, 11) is 0. The molecule has 0 bridgehead atoms. The first kappa shape index (κ1) is 21.0. The van der Waals surface area contributed by atoms with Gasteiger partial charge in [0.05, 0.1) is 22.2 Å². The average Bonchev–Trinajstić information content (AvgIpc) is 2.74. The number of hydrogen-bond donors (Lipinski definition) is 3. The highest BCUT2D eigenvalue weighted by atomic mass is 16.2. The number of carbonyl (C=O) groups is 2. The van der Waals surface area contributed by atoms with Gasteiger partial charge in [0.1, 0.15) is 5.65 Å². The number of rotatable bonds is 6. The fourth-order valence-electron chi connectivity index (χ4n) is 2.97. The third kappa shape index (κ3) is 4.14. The van der Waals surface area contributed by atoms with Gasteiger partial charge in [0.2, 0.25) is 0 Å². The Hall–Kier alpha value is -3.75.